The van der Waals surface area contributed by atoms with Gasteiger partial charge >= 0.3 is 0 Å². The van der Waals surface area contributed by atoms with Crippen LogP contribution in [0.1, 0.15) is 13.3 Å². The van der Waals surface area contributed by atoms with Crippen LogP contribution in [0.5, 0.6) is 0 Å². The average molecular weight is 143 g/mol. The maximum absolute atomic E-state index is 11.2. The second-order valence-electron chi connectivity index (χ2n) is 3.02. The molecule has 3 nitrogen and oxygen atoms in total. The molecule has 0 unspecified atom stereocenters. The zero-order valence-corrected chi connectivity index (χ0v) is 6.22. The van der Waals surface area contributed by atoms with Gasteiger partial charge in [-0.1, -0.05) is 0 Å². The van der Waals surface area contributed by atoms with Crippen LogP contribution in [0.2, 0.25) is 0 Å². The van der Waals surface area contributed by atoms with Crippen molar-refractivity contribution in [3.05, 3.63) is 0 Å². The smallest absolute Gasteiger partial charge is 0.144 e. The molecule has 0 saturated carbocycles. The maximum atomic E-state index is 11.2. The fourth-order valence-corrected chi connectivity index (χ4v) is 1.00. The van der Waals surface area contributed by atoms with Gasteiger partial charge in [-0.2, -0.15) is 0 Å². The summed E-state index contributed by atoms with van der Waals surface area (Å²) in [4.78, 5) is 11.2. The molecule has 0 aromatic heterocycles. The van der Waals surface area contributed by atoms with Gasteiger partial charge in [-0.05, 0) is 13.5 Å². The minimum Gasteiger partial charge on any atom is -0.379 e. The Morgan fingerprint density at radius 2 is 2.30 bits per heavy atom. The molecule has 0 spiro atoms. The number of ether oxygens (including phenoxy) is 1. The highest BCUT2D eigenvalue weighted by Gasteiger charge is 2.39. The first kappa shape index (κ1) is 7.69. The van der Waals surface area contributed by atoms with Crippen LogP contribution in [-0.4, -0.2) is 25.5 Å². The summed E-state index contributed by atoms with van der Waals surface area (Å²) < 4.78 is 4.94. The van der Waals surface area contributed by atoms with Crippen LogP contribution >= 0.6 is 0 Å². The number of Topliss-reactive ketones (excluding diaryl/α,β-unsaturated/α-hetero) is 1. The van der Waals surface area contributed by atoms with Gasteiger partial charge in [0.2, 0.25) is 0 Å². The highest BCUT2D eigenvalue weighted by molar-refractivity contribution is 5.85. The van der Waals surface area contributed by atoms with E-state index in [2.05, 4.69) is 0 Å². The van der Waals surface area contributed by atoms with E-state index in [1.165, 1.54) is 0 Å². The highest BCUT2D eigenvalue weighted by atomic mass is 16.5. The summed E-state index contributed by atoms with van der Waals surface area (Å²) >= 11 is 0. The lowest BCUT2D eigenvalue weighted by molar-refractivity contribution is -0.155. The van der Waals surface area contributed by atoms with E-state index in [9.17, 15) is 4.79 Å². The van der Waals surface area contributed by atoms with Gasteiger partial charge in [0, 0.05) is 6.42 Å². The first-order chi connectivity index (χ1) is 4.69. The summed E-state index contributed by atoms with van der Waals surface area (Å²) in [5, 5.41) is 0. The van der Waals surface area contributed by atoms with Crippen molar-refractivity contribution < 1.29 is 9.53 Å². The minimum absolute atomic E-state index is 0.209. The Morgan fingerprint density at radius 1 is 1.70 bits per heavy atom. The van der Waals surface area contributed by atoms with Crippen LogP contribution in [0.4, 0.5) is 0 Å². The third-order valence-electron chi connectivity index (χ3n) is 1.89. The SMILES string of the molecule is CC1(C(=O)CCN)COC1. The van der Waals surface area contributed by atoms with Gasteiger partial charge in [0.25, 0.3) is 0 Å². The average Bonchev–Trinajstić information content (AvgIpc) is 1.83. The van der Waals surface area contributed by atoms with Crippen LogP contribution < -0.4 is 5.73 Å². The topological polar surface area (TPSA) is 52.3 Å². The standard InChI is InChI=1S/C7H13NO2/c1-7(4-10-5-7)6(9)2-3-8/h2-5,8H2,1H3. The van der Waals surface area contributed by atoms with Gasteiger partial charge < -0.3 is 10.5 Å². The Hall–Kier alpha value is -0.410. The monoisotopic (exact) mass is 143 g/mol. The zero-order valence-electron chi connectivity index (χ0n) is 6.22. The molecule has 10 heavy (non-hydrogen) atoms. The van der Waals surface area contributed by atoms with Crippen molar-refractivity contribution in [1.29, 1.82) is 0 Å². The molecule has 1 fully saturated rings. The number of hydrogen-bond acceptors (Lipinski definition) is 3. The summed E-state index contributed by atoms with van der Waals surface area (Å²) in [6, 6.07) is 0. The van der Waals surface area contributed by atoms with E-state index in [-0.39, 0.29) is 11.2 Å². The number of rotatable bonds is 3. The summed E-state index contributed by atoms with van der Waals surface area (Å²) in [7, 11) is 0. The first-order valence-corrected chi connectivity index (χ1v) is 3.50. The highest BCUT2D eigenvalue weighted by Crippen LogP contribution is 2.28. The molecule has 0 atom stereocenters. The molecular weight excluding hydrogens is 130 g/mol. The summed E-state index contributed by atoms with van der Waals surface area (Å²) in [5.41, 5.74) is 5.03. The van der Waals surface area contributed by atoms with Crippen molar-refractivity contribution in [2.24, 2.45) is 11.1 Å². The fourth-order valence-electron chi connectivity index (χ4n) is 1.00. The molecule has 0 aromatic carbocycles. The van der Waals surface area contributed by atoms with Gasteiger partial charge in [0.05, 0.1) is 18.6 Å². The predicted octanol–water partition coefficient (Wildman–Crippen LogP) is -0.0592. The van der Waals surface area contributed by atoms with Crippen molar-refractivity contribution in [2.75, 3.05) is 19.8 Å². The molecule has 3 heteroatoms. The molecular formula is C7H13NO2. The molecule has 1 aliphatic heterocycles. The molecule has 1 saturated heterocycles. The van der Waals surface area contributed by atoms with Crippen molar-refractivity contribution in [1.82, 2.24) is 0 Å². The van der Waals surface area contributed by atoms with Gasteiger partial charge in [-0.3, -0.25) is 4.79 Å². The Labute approximate surface area is 60.5 Å². The normalized spacial score (nSPS) is 21.8. The van der Waals surface area contributed by atoms with Gasteiger partial charge in [0.15, 0.2) is 0 Å². The van der Waals surface area contributed by atoms with E-state index in [1.54, 1.807) is 0 Å². The molecule has 58 valence electrons. The molecule has 0 bridgehead atoms. The second kappa shape index (κ2) is 2.68. The number of ketones is 1. The van der Waals surface area contributed by atoms with E-state index in [0.717, 1.165) is 0 Å². The molecule has 1 aliphatic rings. The summed E-state index contributed by atoms with van der Waals surface area (Å²) in [6.07, 6.45) is 0.486. The number of carbonyl (C=O) groups is 1. The Balaban J connectivity index is 2.39. The minimum atomic E-state index is -0.209. The summed E-state index contributed by atoms with van der Waals surface area (Å²) in [5.74, 6) is 0.237. The lowest BCUT2D eigenvalue weighted by atomic mass is 9.82. The lowest BCUT2D eigenvalue weighted by Crippen LogP contribution is -2.46. The molecule has 1 rings (SSSR count). The van der Waals surface area contributed by atoms with Crippen molar-refractivity contribution in [2.45, 2.75) is 13.3 Å². The number of hydrogen-bond donors (Lipinski definition) is 1. The van der Waals surface area contributed by atoms with Crippen molar-refractivity contribution >= 4 is 5.78 Å². The van der Waals surface area contributed by atoms with Crippen LogP contribution in [0, 0.1) is 5.41 Å². The van der Waals surface area contributed by atoms with E-state index in [4.69, 9.17) is 10.5 Å². The Kier molecular flexibility index (Phi) is 2.06. The van der Waals surface area contributed by atoms with Crippen LogP contribution in [-0.2, 0) is 9.53 Å². The maximum Gasteiger partial charge on any atom is 0.144 e. The van der Waals surface area contributed by atoms with Crippen molar-refractivity contribution in [3.8, 4) is 0 Å². The molecule has 0 amide bonds. The van der Waals surface area contributed by atoms with Crippen LogP contribution in [0.25, 0.3) is 0 Å². The number of nitrogens with two attached hydrogens (primary N) is 1. The van der Waals surface area contributed by atoms with E-state index in [1.807, 2.05) is 6.92 Å². The Bertz CT molecular complexity index is 141. The largest absolute Gasteiger partial charge is 0.379 e. The van der Waals surface area contributed by atoms with Crippen LogP contribution in [0.15, 0.2) is 0 Å². The van der Waals surface area contributed by atoms with Gasteiger partial charge in [0.1, 0.15) is 5.78 Å². The van der Waals surface area contributed by atoms with E-state index in [0.29, 0.717) is 26.2 Å². The fraction of sp³-hybridized carbons (Fsp3) is 0.857. The summed E-state index contributed by atoms with van der Waals surface area (Å²) in [6.45, 7) is 3.53. The van der Waals surface area contributed by atoms with Gasteiger partial charge in [-0.25, -0.2) is 0 Å². The molecule has 0 aliphatic carbocycles. The zero-order chi connectivity index (χ0) is 7.61. The lowest BCUT2D eigenvalue weighted by Gasteiger charge is -2.36. The molecule has 2 N–H and O–H groups in total. The van der Waals surface area contributed by atoms with Gasteiger partial charge in [-0.15, -0.1) is 0 Å². The number of carbonyl (C=O) groups excluding carboxylic acids is 1. The predicted molar refractivity (Wildman–Crippen MR) is 37.6 cm³/mol. The third kappa shape index (κ3) is 1.20. The second-order valence-corrected chi connectivity index (χ2v) is 3.02. The van der Waals surface area contributed by atoms with E-state index < -0.39 is 0 Å². The van der Waals surface area contributed by atoms with Crippen molar-refractivity contribution in [3.63, 3.8) is 0 Å². The Morgan fingerprint density at radius 3 is 2.60 bits per heavy atom. The third-order valence-corrected chi connectivity index (χ3v) is 1.89. The first-order valence-electron chi connectivity index (χ1n) is 3.50. The molecule has 1 heterocycles. The quantitative estimate of drug-likeness (QED) is 0.602. The van der Waals surface area contributed by atoms with E-state index >= 15 is 0 Å². The molecule has 0 radical (unpaired) electrons. The molecule has 0 aromatic rings. The van der Waals surface area contributed by atoms with Crippen LogP contribution in [0.3, 0.4) is 0 Å².